The van der Waals surface area contributed by atoms with Crippen LogP contribution in [0.1, 0.15) is 54.9 Å². The first-order chi connectivity index (χ1) is 14.2. The molecule has 11 heteroatoms. The molecule has 31 heavy (non-hydrogen) atoms. The third-order valence-corrected chi connectivity index (χ3v) is 4.16. The summed E-state index contributed by atoms with van der Waals surface area (Å²) in [6.07, 6.45) is -4.75. The molecule has 1 aliphatic rings. The maximum atomic E-state index is 12.7. The fourth-order valence-corrected chi connectivity index (χ4v) is 3.29. The van der Waals surface area contributed by atoms with E-state index < -0.39 is 65.8 Å². The molecule has 0 spiro atoms. The molecule has 11 nitrogen and oxygen atoms in total. The Kier molecular flexibility index (Phi) is 9.26. The van der Waals surface area contributed by atoms with Crippen LogP contribution >= 0.6 is 0 Å². The summed E-state index contributed by atoms with van der Waals surface area (Å²) >= 11 is 0. The molecule has 1 aliphatic carbocycles. The molecule has 0 bridgehead atoms. The number of carbonyl (C=O) groups excluding carboxylic acids is 5. The number of carbonyl (C=O) groups is 5. The highest BCUT2D eigenvalue weighted by atomic mass is 16.6. The van der Waals surface area contributed by atoms with Crippen molar-refractivity contribution in [2.24, 2.45) is 5.92 Å². The van der Waals surface area contributed by atoms with E-state index in [0.29, 0.717) is 0 Å². The van der Waals surface area contributed by atoms with E-state index in [2.05, 4.69) is 5.32 Å². The average molecular weight is 445 g/mol. The fraction of sp³-hybridized carbons (Fsp3) is 0.750. The van der Waals surface area contributed by atoms with Gasteiger partial charge in [0.05, 0.1) is 18.6 Å². The normalized spacial score (nSPS) is 25.6. The lowest BCUT2D eigenvalue weighted by Gasteiger charge is -2.44. The van der Waals surface area contributed by atoms with E-state index in [-0.39, 0.29) is 13.0 Å². The van der Waals surface area contributed by atoms with Gasteiger partial charge in [0.15, 0.2) is 12.2 Å². The van der Waals surface area contributed by atoms with Crippen LogP contribution < -0.4 is 5.32 Å². The summed E-state index contributed by atoms with van der Waals surface area (Å²) in [4.78, 5) is 60.2. The molecule has 1 N–H and O–H groups in total. The van der Waals surface area contributed by atoms with Gasteiger partial charge in [-0.05, 0) is 27.7 Å². The zero-order chi connectivity index (χ0) is 23.9. The van der Waals surface area contributed by atoms with E-state index in [1.165, 1.54) is 0 Å². The lowest BCUT2D eigenvalue weighted by atomic mass is 9.78. The topological polar surface area (TPSA) is 144 Å². The second kappa shape index (κ2) is 11.0. The van der Waals surface area contributed by atoms with Gasteiger partial charge in [0, 0.05) is 27.2 Å². The van der Waals surface area contributed by atoms with Gasteiger partial charge in [0.2, 0.25) is 0 Å². The summed E-state index contributed by atoms with van der Waals surface area (Å²) in [6.45, 7) is 10.0. The molecular weight excluding hydrogens is 414 g/mol. The van der Waals surface area contributed by atoms with Gasteiger partial charge in [-0.15, -0.1) is 0 Å². The number of hydrogen-bond acceptors (Lipinski definition) is 10. The first-order valence-electron chi connectivity index (χ1n) is 9.93. The van der Waals surface area contributed by atoms with Crippen molar-refractivity contribution in [2.75, 3.05) is 6.61 Å². The fourth-order valence-electron chi connectivity index (χ4n) is 3.29. The number of amides is 1. The third-order valence-electron chi connectivity index (χ3n) is 4.16. The summed E-state index contributed by atoms with van der Waals surface area (Å²) < 4.78 is 26.2. The summed E-state index contributed by atoms with van der Waals surface area (Å²) in [7, 11) is 0. The van der Waals surface area contributed by atoms with Crippen LogP contribution in [-0.2, 0) is 42.9 Å². The predicted molar refractivity (Wildman–Crippen MR) is 105 cm³/mol. The van der Waals surface area contributed by atoms with Crippen molar-refractivity contribution in [2.45, 2.75) is 84.8 Å². The molecule has 5 atom stereocenters. The third kappa shape index (κ3) is 8.42. The Morgan fingerprint density at radius 2 is 1.39 bits per heavy atom. The molecule has 176 valence electrons. The van der Waals surface area contributed by atoms with Crippen LogP contribution in [0.3, 0.4) is 0 Å². The van der Waals surface area contributed by atoms with Crippen LogP contribution in [0, 0.1) is 5.92 Å². The van der Waals surface area contributed by atoms with Gasteiger partial charge in [0.25, 0.3) is 0 Å². The summed E-state index contributed by atoms with van der Waals surface area (Å²) in [6, 6.07) is -1.17. The highest BCUT2D eigenvalue weighted by Gasteiger charge is 2.53. The van der Waals surface area contributed by atoms with Gasteiger partial charge in [0.1, 0.15) is 11.7 Å². The van der Waals surface area contributed by atoms with E-state index in [9.17, 15) is 24.0 Å². The number of alkyl carbamates (subject to hydrolysis) is 1. The van der Waals surface area contributed by atoms with E-state index in [0.717, 1.165) is 20.8 Å². The van der Waals surface area contributed by atoms with Crippen molar-refractivity contribution in [3.8, 4) is 0 Å². The van der Waals surface area contributed by atoms with Crippen molar-refractivity contribution in [1.82, 2.24) is 5.32 Å². The van der Waals surface area contributed by atoms with Crippen LogP contribution in [0.5, 0.6) is 0 Å². The molecule has 0 aromatic carbocycles. The lowest BCUT2D eigenvalue weighted by Crippen LogP contribution is -2.64. The SMILES string of the molecule is CCOC(=O)[C@@H]1C[C@@H](OC(C)=O)[C@@H](OC(C)=O)[C@H](OC(C)=O)[C@H]1NC(=O)OC(C)(C)C. The van der Waals surface area contributed by atoms with Crippen LogP contribution in [0.4, 0.5) is 4.79 Å². The predicted octanol–water partition coefficient (Wildman–Crippen LogP) is 1.26. The van der Waals surface area contributed by atoms with Crippen LogP contribution in [0.25, 0.3) is 0 Å². The molecule has 1 amide bonds. The van der Waals surface area contributed by atoms with Crippen molar-refractivity contribution >= 4 is 30.0 Å². The molecule has 0 unspecified atom stereocenters. The Morgan fingerprint density at radius 3 is 1.84 bits per heavy atom. The Morgan fingerprint density at radius 1 is 0.871 bits per heavy atom. The van der Waals surface area contributed by atoms with Crippen LogP contribution in [0.2, 0.25) is 0 Å². The number of nitrogens with one attached hydrogen (secondary N) is 1. The van der Waals surface area contributed by atoms with Gasteiger partial charge in [-0.2, -0.15) is 0 Å². The van der Waals surface area contributed by atoms with E-state index >= 15 is 0 Å². The Labute approximate surface area is 181 Å². The number of hydrogen-bond donors (Lipinski definition) is 1. The average Bonchev–Trinajstić information content (AvgIpc) is 2.57. The smallest absolute Gasteiger partial charge is 0.408 e. The second-order valence-corrected chi connectivity index (χ2v) is 8.06. The summed E-state index contributed by atoms with van der Waals surface area (Å²) in [5, 5.41) is 2.53. The number of ether oxygens (including phenoxy) is 5. The molecule has 0 aromatic rings. The summed E-state index contributed by atoms with van der Waals surface area (Å²) in [5.74, 6) is -3.97. The highest BCUT2D eigenvalue weighted by molar-refractivity contribution is 5.77. The molecule has 0 aliphatic heterocycles. The molecule has 1 rings (SSSR count). The Bertz CT molecular complexity index is 699. The van der Waals surface area contributed by atoms with Gasteiger partial charge >= 0.3 is 30.0 Å². The monoisotopic (exact) mass is 445 g/mol. The number of rotatable bonds is 6. The molecule has 1 saturated carbocycles. The van der Waals surface area contributed by atoms with Crippen molar-refractivity contribution in [3.05, 3.63) is 0 Å². The second-order valence-electron chi connectivity index (χ2n) is 8.06. The standard InChI is InChI=1S/C20H31NO10/c1-8-27-18(25)13-9-14(28-10(2)22)16(29-11(3)23)17(30-12(4)24)15(13)21-19(26)31-20(5,6)7/h13-17H,8-9H2,1-7H3,(H,21,26)/t13-,14-,15+,16-,17-/m1/s1. The van der Waals surface area contributed by atoms with Crippen LogP contribution in [-0.4, -0.2) is 66.5 Å². The first kappa shape index (κ1) is 26.2. The minimum Gasteiger partial charge on any atom is -0.466 e. The summed E-state index contributed by atoms with van der Waals surface area (Å²) in [5.41, 5.74) is -0.843. The molecule has 0 saturated heterocycles. The van der Waals surface area contributed by atoms with Gasteiger partial charge < -0.3 is 29.0 Å². The molecule has 0 aromatic heterocycles. The lowest BCUT2D eigenvalue weighted by molar-refractivity contribution is -0.200. The zero-order valence-electron chi connectivity index (χ0n) is 18.9. The van der Waals surface area contributed by atoms with Gasteiger partial charge in [-0.3, -0.25) is 19.2 Å². The minimum absolute atomic E-state index is 0.0539. The quantitative estimate of drug-likeness (QED) is 0.468. The van der Waals surface area contributed by atoms with E-state index in [4.69, 9.17) is 23.7 Å². The van der Waals surface area contributed by atoms with Gasteiger partial charge in [-0.25, -0.2) is 4.79 Å². The largest absolute Gasteiger partial charge is 0.466 e. The van der Waals surface area contributed by atoms with Crippen molar-refractivity contribution in [3.63, 3.8) is 0 Å². The molecule has 0 heterocycles. The Hall–Kier alpha value is -2.85. The minimum atomic E-state index is -1.35. The molecule has 0 radical (unpaired) electrons. The maximum Gasteiger partial charge on any atom is 0.408 e. The maximum absolute atomic E-state index is 12.7. The van der Waals surface area contributed by atoms with Crippen LogP contribution in [0.15, 0.2) is 0 Å². The highest BCUT2D eigenvalue weighted by Crippen LogP contribution is 2.33. The van der Waals surface area contributed by atoms with Crippen molar-refractivity contribution in [1.29, 1.82) is 0 Å². The van der Waals surface area contributed by atoms with Crippen molar-refractivity contribution < 1.29 is 47.7 Å². The zero-order valence-corrected chi connectivity index (χ0v) is 18.9. The van der Waals surface area contributed by atoms with E-state index in [1.807, 2.05) is 0 Å². The van der Waals surface area contributed by atoms with Gasteiger partial charge in [-0.1, -0.05) is 0 Å². The first-order valence-corrected chi connectivity index (χ1v) is 9.93. The molecular formula is C20H31NO10. The molecule has 1 fully saturated rings. The number of esters is 4. The van der Waals surface area contributed by atoms with E-state index in [1.54, 1.807) is 27.7 Å². The Balaban J connectivity index is 3.42.